The Morgan fingerprint density at radius 1 is 1.24 bits per heavy atom. The number of halogens is 3. The fraction of sp³-hybridized carbons (Fsp3) is 0.500. The van der Waals surface area contributed by atoms with Crippen LogP contribution in [0.25, 0.3) is 0 Å². The molecule has 0 aliphatic carbocycles. The molecule has 1 heterocycles. The van der Waals surface area contributed by atoms with E-state index >= 15 is 0 Å². The maximum atomic E-state index is 13.2. The smallest absolute Gasteiger partial charge is 0.124 e. The first kappa shape index (κ1) is 14.9. The van der Waals surface area contributed by atoms with Gasteiger partial charge in [0.2, 0.25) is 0 Å². The van der Waals surface area contributed by atoms with Gasteiger partial charge in [0.15, 0.2) is 0 Å². The van der Waals surface area contributed by atoms with Gasteiger partial charge < -0.3 is 5.32 Å². The van der Waals surface area contributed by atoms with Crippen molar-refractivity contribution in [3.05, 3.63) is 34.1 Å². The Kier molecular flexibility index (Phi) is 6.41. The van der Waals surface area contributed by atoms with Crippen molar-refractivity contribution in [2.45, 2.75) is 13.0 Å². The van der Waals surface area contributed by atoms with Crippen LogP contribution in [0.15, 0.2) is 22.7 Å². The van der Waals surface area contributed by atoms with Crippen LogP contribution in [0.4, 0.5) is 4.39 Å². The van der Waals surface area contributed by atoms with E-state index in [1.807, 2.05) is 6.07 Å². The molecule has 0 amide bonds. The average Bonchev–Trinajstić information content (AvgIpc) is 2.44. The largest absolute Gasteiger partial charge is 0.315 e. The molecule has 1 aliphatic heterocycles. The Morgan fingerprint density at radius 3 is 2.82 bits per heavy atom. The summed E-state index contributed by atoms with van der Waals surface area (Å²) in [5.74, 6) is -0.169. The van der Waals surface area contributed by atoms with E-state index in [4.69, 9.17) is 0 Å². The quantitative estimate of drug-likeness (QED) is 0.900. The van der Waals surface area contributed by atoms with E-state index in [0.29, 0.717) is 0 Å². The van der Waals surface area contributed by atoms with Gasteiger partial charge in [0.25, 0.3) is 0 Å². The molecule has 0 bridgehead atoms. The molecule has 5 heteroatoms. The average molecular weight is 324 g/mol. The molecule has 0 unspecified atom stereocenters. The highest BCUT2D eigenvalue weighted by atomic mass is 79.9. The summed E-state index contributed by atoms with van der Waals surface area (Å²) in [6.45, 7) is 5.06. The number of benzene rings is 1. The van der Waals surface area contributed by atoms with Crippen molar-refractivity contribution in [1.29, 1.82) is 0 Å². The predicted octanol–water partition coefficient (Wildman–Crippen LogP) is 2.81. The van der Waals surface area contributed by atoms with E-state index in [1.165, 1.54) is 6.07 Å². The first-order valence-corrected chi connectivity index (χ1v) is 6.41. The van der Waals surface area contributed by atoms with E-state index in [0.717, 1.165) is 49.2 Å². The van der Waals surface area contributed by atoms with E-state index < -0.39 is 0 Å². The minimum Gasteiger partial charge on any atom is -0.315 e. The minimum absolute atomic E-state index is 0. The molecule has 0 saturated carbocycles. The standard InChI is InChI=1S/C12H16BrFN2.ClH/c13-11-6-10(7-12(14)8-11)9-16-4-1-2-15-3-5-16;/h6-8,15H,1-5,9H2;1H. The molecule has 2 nitrogen and oxygen atoms in total. The summed E-state index contributed by atoms with van der Waals surface area (Å²) in [6, 6.07) is 5.10. The highest BCUT2D eigenvalue weighted by molar-refractivity contribution is 9.10. The van der Waals surface area contributed by atoms with Gasteiger partial charge in [0.05, 0.1) is 0 Å². The summed E-state index contributed by atoms with van der Waals surface area (Å²) in [4.78, 5) is 2.36. The number of hydrogen-bond donors (Lipinski definition) is 1. The van der Waals surface area contributed by atoms with Crippen LogP contribution in [-0.4, -0.2) is 31.1 Å². The molecule has 2 rings (SSSR count). The van der Waals surface area contributed by atoms with Crippen molar-refractivity contribution < 1.29 is 4.39 Å². The van der Waals surface area contributed by atoms with Gasteiger partial charge in [0, 0.05) is 24.1 Å². The van der Waals surface area contributed by atoms with Crippen LogP contribution in [0.5, 0.6) is 0 Å². The van der Waals surface area contributed by atoms with Crippen molar-refractivity contribution in [3.8, 4) is 0 Å². The van der Waals surface area contributed by atoms with E-state index in [-0.39, 0.29) is 18.2 Å². The number of rotatable bonds is 2. The van der Waals surface area contributed by atoms with Gasteiger partial charge in [0.1, 0.15) is 5.82 Å². The van der Waals surface area contributed by atoms with E-state index in [9.17, 15) is 4.39 Å². The number of nitrogens with zero attached hydrogens (tertiary/aromatic N) is 1. The third-order valence-corrected chi connectivity index (χ3v) is 3.22. The lowest BCUT2D eigenvalue weighted by Gasteiger charge is -2.19. The van der Waals surface area contributed by atoms with Crippen LogP contribution in [0.2, 0.25) is 0 Å². The summed E-state index contributed by atoms with van der Waals surface area (Å²) in [5.41, 5.74) is 1.04. The zero-order valence-electron chi connectivity index (χ0n) is 9.59. The Bertz CT molecular complexity index is 334. The normalized spacial score (nSPS) is 17.3. The molecule has 1 N–H and O–H groups in total. The second-order valence-electron chi connectivity index (χ2n) is 4.16. The SMILES string of the molecule is Cl.Fc1cc(Br)cc(CN2CCCNCC2)c1. The van der Waals surface area contributed by atoms with Crippen LogP contribution in [-0.2, 0) is 6.54 Å². The molecule has 96 valence electrons. The Balaban J connectivity index is 0.00000144. The molecule has 1 saturated heterocycles. The van der Waals surface area contributed by atoms with Crippen molar-refractivity contribution in [3.63, 3.8) is 0 Å². The van der Waals surface area contributed by atoms with Crippen LogP contribution in [0.1, 0.15) is 12.0 Å². The Labute approximate surface area is 116 Å². The minimum atomic E-state index is -0.169. The molecular weight excluding hydrogens is 307 g/mol. The van der Waals surface area contributed by atoms with Gasteiger partial charge in [-0.2, -0.15) is 0 Å². The molecule has 17 heavy (non-hydrogen) atoms. The van der Waals surface area contributed by atoms with E-state index in [2.05, 4.69) is 26.1 Å². The van der Waals surface area contributed by atoms with Crippen molar-refractivity contribution >= 4 is 28.3 Å². The Morgan fingerprint density at radius 2 is 2.06 bits per heavy atom. The maximum absolute atomic E-state index is 13.2. The highest BCUT2D eigenvalue weighted by Crippen LogP contribution is 2.16. The molecule has 0 atom stereocenters. The summed E-state index contributed by atoms with van der Waals surface area (Å²) in [7, 11) is 0. The molecule has 0 radical (unpaired) electrons. The fourth-order valence-electron chi connectivity index (χ4n) is 2.02. The fourth-order valence-corrected chi connectivity index (χ4v) is 2.53. The van der Waals surface area contributed by atoms with Gasteiger partial charge in [-0.1, -0.05) is 15.9 Å². The Hall–Kier alpha value is -0.160. The summed E-state index contributed by atoms with van der Waals surface area (Å²) >= 11 is 3.32. The zero-order chi connectivity index (χ0) is 11.4. The van der Waals surface area contributed by atoms with Gasteiger partial charge in [-0.3, -0.25) is 4.90 Å². The predicted molar refractivity (Wildman–Crippen MR) is 74.1 cm³/mol. The van der Waals surface area contributed by atoms with Crippen LogP contribution < -0.4 is 5.32 Å². The number of hydrogen-bond acceptors (Lipinski definition) is 2. The highest BCUT2D eigenvalue weighted by Gasteiger charge is 2.09. The lowest BCUT2D eigenvalue weighted by molar-refractivity contribution is 0.284. The molecule has 0 spiro atoms. The maximum Gasteiger partial charge on any atom is 0.124 e. The third-order valence-electron chi connectivity index (χ3n) is 2.76. The van der Waals surface area contributed by atoms with Gasteiger partial charge in [-0.05, 0) is 43.3 Å². The van der Waals surface area contributed by atoms with Crippen molar-refractivity contribution in [2.75, 3.05) is 26.2 Å². The molecular formula is C12H17BrClFN2. The number of nitrogens with one attached hydrogen (secondary N) is 1. The molecule has 1 aromatic carbocycles. The van der Waals surface area contributed by atoms with E-state index in [1.54, 1.807) is 6.07 Å². The van der Waals surface area contributed by atoms with Gasteiger partial charge in [-0.15, -0.1) is 12.4 Å². The molecule has 0 aromatic heterocycles. The third kappa shape index (κ3) is 4.92. The molecule has 1 aliphatic rings. The van der Waals surface area contributed by atoms with Gasteiger partial charge in [-0.25, -0.2) is 4.39 Å². The second-order valence-corrected chi connectivity index (χ2v) is 5.07. The summed E-state index contributed by atoms with van der Waals surface area (Å²) < 4.78 is 14.0. The van der Waals surface area contributed by atoms with Crippen molar-refractivity contribution in [1.82, 2.24) is 10.2 Å². The van der Waals surface area contributed by atoms with Gasteiger partial charge >= 0.3 is 0 Å². The van der Waals surface area contributed by atoms with Crippen LogP contribution in [0.3, 0.4) is 0 Å². The second kappa shape index (κ2) is 7.31. The zero-order valence-corrected chi connectivity index (χ0v) is 12.0. The first-order chi connectivity index (χ1) is 7.74. The lowest BCUT2D eigenvalue weighted by atomic mass is 10.2. The van der Waals surface area contributed by atoms with Crippen LogP contribution in [0, 0.1) is 5.82 Å². The van der Waals surface area contributed by atoms with Crippen molar-refractivity contribution in [2.24, 2.45) is 0 Å². The monoisotopic (exact) mass is 322 g/mol. The summed E-state index contributed by atoms with van der Waals surface area (Å²) in [5, 5.41) is 3.36. The van der Waals surface area contributed by atoms with Crippen LogP contribution >= 0.6 is 28.3 Å². The molecule has 1 aromatic rings. The molecule has 1 fully saturated rings. The summed E-state index contributed by atoms with van der Waals surface area (Å²) in [6.07, 6.45) is 1.16. The topological polar surface area (TPSA) is 15.3 Å². The lowest BCUT2D eigenvalue weighted by Crippen LogP contribution is -2.27. The first-order valence-electron chi connectivity index (χ1n) is 5.62.